The molecule has 1 aliphatic heterocycles. The molecule has 0 bridgehead atoms. The molecule has 0 amide bonds. The van der Waals surface area contributed by atoms with Gasteiger partial charge in [0.2, 0.25) is 0 Å². The molecule has 24 heavy (non-hydrogen) atoms. The summed E-state index contributed by atoms with van der Waals surface area (Å²) < 4.78 is 0. The quantitative estimate of drug-likeness (QED) is 0.677. The Morgan fingerprint density at radius 1 is 1.21 bits per heavy atom. The molecule has 0 saturated carbocycles. The molecule has 1 N–H and O–H groups in total. The van der Waals surface area contributed by atoms with E-state index >= 15 is 0 Å². The number of aliphatic hydroxyl groups is 1. The number of hydrogen-bond donors (Lipinski definition) is 1. The SMILES string of the molecule is O=[N+]([O-])c1ccc2c(c1)C(O)CN(CCCc1ccccc1)CC2. The molecular formula is C19H22N2O3. The van der Waals surface area contributed by atoms with Gasteiger partial charge in [0.15, 0.2) is 0 Å². The van der Waals surface area contributed by atoms with Crippen LogP contribution in [0.1, 0.15) is 29.2 Å². The molecule has 5 nitrogen and oxygen atoms in total. The Labute approximate surface area is 141 Å². The summed E-state index contributed by atoms with van der Waals surface area (Å²) in [5, 5.41) is 21.4. The van der Waals surface area contributed by atoms with Crippen molar-refractivity contribution in [2.24, 2.45) is 0 Å². The average Bonchev–Trinajstić information content (AvgIpc) is 2.75. The Morgan fingerprint density at radius 3 is 2.75 bits per heavy atom. The van der Waals surface area contributed by atoms with E-state index in [1.807, 2.05) is 6.07 Å². The van der Waals surface area contributed by atoms with Crippen LogP contribution in [0.3, 0.4) is 0 Å². The van der Waals surface area contributed by atoms with Crippen molar-refractivity contribution in [1.29, 1.82) is 0 Å². The number of nitro benzene ring substituents is 1. The third kappa shape index (κ3) is 3.99. The zero-order chi connectivity index (χ0) is 16.9. The summed E-state index contributed by atoms with van der Waals surface area (Å²) in [6.07, 6.45) is 2.20. The Kier molecular flexibility index (Phi) is 5.23. The number of β-amino-alcohol motifs (C(OH)–C–C–N with tert-alkyl or cyclic N) is 1. The zero-order valence-electron chi connectivity index (χ0n) is 13.6. The second kappa shape index (κ2) is 7.55. The lowest BCUT2D eigenvalue weighted by molar-refractivity contribution is -0.385. The van der Waals surface area contributed by atoms with Crippen LogP contribution in [-0.2, 0) is 12.8 Å². The molecule has 126 valence electrons. The van der Waals surface area contributed by atoms with E-state index in [4.69, 9.17) is 0 Å². The van der Waals surface area contributed by atoms with Crippen molar-refractivity contribution in [3.05, 3.63) is 75.3 Å². The van der Waals surface area contributed by atoms with Crippen LogP contribution in [0.2, 0.25) is 0 Å². The summed E-state index contributed by atoms with van der Waals surface area (Å²) in [4.78, 5) is 12.8. The molecule has 1 atom stereocenters. The zero-order valence-corrected chi connectivity index (χ0v) is 13.6. The molecule has 1 heterocycles. The van der Waals surface area contributed by atoms with Gasteiger partial charge in [-0.2, -0.15) is 0 Å². The molecule has 5 heteroatoms. The van der Waals surface area contributed by atoms with Crippen molar-refractivity contribution >= 4 is 5.69 Å². The minimum atomic E-state index is -0.667. The van der Waals surface area contributed by atoms with Crippen molar-refractivity contribution in [1.82, 2.24) is 4.90 Å². The van der Waals surface area contributed by atoms with Crippen molar-refractivity contribution in [3.8, 4) is 0 Å². The predicted molar refractivity (Wildman–Crippen MR) is 93.0 cm³/mol. The first-order chi connectivity index (χ1) is 11.6. The van der Waals surface area contributed by atoms with E-state index in [2.05, 4.69) is 29.2 Å². The molecule has 2 aromatic carbocycles. The van der Waals surface area contributed by atoms with E-state index in [0.717, 1.165) is 37.9 Å². The fourth-order valence-corrected chi connectivity index (χ4v) is 3.30. The van der Waals surface area contributed by atoms with E-state index in [-0.39, 0.29) is 5.69 Å². The van der Waals surface area contributed by atoms with Crippen LogP contribution in [0.4, 0.5) is 5.69 Å². The summed E-state index contributed by atoms with van der Waals surface area (Å²) in [5.74, 6) is 0. The molecule has 1 unspecified atom stereocenters. The monoisotopic (exact) mass is 326 g/mol. The van der Waals surface area contributed by atoms with Gasteiger partial charge in [-0.3, -0.25) is 10.1 Å². The number of benzene rings is 2. The van der Waals surface area contributed by atoms with E-state index in [9.17, 15) is 15.2 Å². The molecule has 2 aromatic rings. The van der Waals surface area contributed by atoms with Gasteiger partial charge < -0.3 is 10.0 Å². The fraction of sp³-hybridized carbons (Fsp3) is 0.368. The smallest absolute Gasteiger partial charge is 0.269 e. The van der Waals surface area contributed by atoms with Crippen LogP contribution in [0.25, 0.3) is 0 Å². The normalized spacial score (nSPS) is 18.0. The van der Waals surface area contributed by atoms with Gasteiger partial charge in [0.25, 0.3) is 5.69 Å². The number of nitrogens with zero attached hydrogens (tertiary/aromatic N) is 2. The number of aliphatic hydroxyl groups excluding tert-OH is 1. The Bertz CT molecular complexity index is 703. The number of non-ortho nitro benzene ring substituents is 1. The van der Waals surface area contributed by atoms with E-state index < -0.39 is 11.0 Å². The van der Waals surface area contributed by atoms with Crippen molar-refractivity contribution in [2.45, 2.75) is 25.4 Å². The van der Waals surface area contributed by atoms with Crippen LogP contribution < -0.4 is 0 Å². The first kappa shape index (κ1) is 16.6. The first-order valence-electron chi connectivity index (χ1n) is 8.35. The summed E-state index contributed by atoms with van der Waals surface area (Å²) in [7, 11) is 0. The lowest BCUT2D eigenvalue weighted by Gasteiger charge is -2.21. The second-order valence-corrected chi connectivity index (χ2v) is 6.30. The largest absolute Gasteiger partial charge is 0.387 e. The summed E-state index contributed by atoms with van der Waals surface area (Å²) >= 11 is 0. The highest BCUT2D eigenvalue weighted by Crippen LogP contribution is 2.27. The van der Waals surface area contributed by atoms with Crippen LogP contribution in [0.5, 0.6) is 0 Å². The Hall–Kier alpha value is -2.24. The number of fused-ring (bicyclic) bond motifs is 1. The lowest BCUT2D eigenvalue weighted by atomic mass is 10.0. The Morgan fingerprint density at radius 2 is 2.00 bits per heavy atom. The van der Waals surface area contributed by atoms with E-state index in [1.54, 1.807) is 6.07 Å². The standard InChI is InChI=1S/C19H22N2O3/c22-19-14-20(11-4-7-15-5-2-1-3-6-15)12-10-16-8-9-17(21(23)24)13-18(16)19/h1-3,5-6,8-9,13,19,22H,4,7,10-12,14H2. The van der Waals surface area contributed by atoms with Crippen LogP contribution >= 0.6 is 0 Å². The fourth-order valence-electron chi connectivity index (χ4n) is 3.30. The highest BCUT2D eigenvalue weighted by molar-refractivity contribution is 5.42. The van der Waals surface area contributed by atoms with Crippen LogP contribution in [0, 0.1) is 10.1 Å². The number of aryl methyl sites for hydroxylation is 1. The van der Waals surface area contributed by atoms with Gasteiger partial charge >= 0.3 is 0 Å². The van der Waals surface area contributed by atoms with Gasteiger partial charge in [-0.15, -0.1) is 0 Å². The maximum atomic E-state index is 10.9. The second-order valence-electron chi connectivity index (χ2n) is 6.30. The molecule has 3 rings (SSSR count). The summed E-state index contributed by atoms with van der Waals surface area (Å²) in [5.41, 5.74) is 3.09. The molecule has 0 aliphatic carbocycles. The first-order valence-corrected chi connectivity index (χ1v) is 8.35. The third-order valence-electron chi connectivity index (χ3n) is 4.61. The lowest BCUT2D eigenvalue weighted by Crippen LogP contribution is -2.29. The molecular weight excluding hydrogens is 304 g/mol. The van der Waals surface area contributed by atoms with Crippen molar-refractivity contribution < 1.29 is 10.0 Å². The number of hydrogen-bond acceptors (Lipinski definition) is 4. The molecule has 1 aliphatic rings. The van der Waals surface area contributed by atoms with E-state index in [1.165, 1.54) is 17.7 Å². The summed E-state index contributed by atoms with van der Waals surface area (Å²) in [6.45, 7) is 2.32. The molecule has 0 fully saturated rings. The third-order valence-corrected chi connectivity index (χ3v) is 4.61. The predicted octanol–water partition coefficient (Wildman–Crippen LogP) is 3.12. The topological polar surface area (TPSA) is 66.6 Å². The van der Waals surface area contributed by atoms with E-state index in [0.29, 0.717) is 12.1 Å². The minimum absolute atomic E-state index is 0.0466. The maximum absolute atomic E-state index is 10.9. The average molecular weight is 326 g/mol. The van der Waals surface area contributed by atoms with Crippen LogP contribution in [-0.4, -0.2) is 34.6 Å². The van der Waals surface area contributed by atoms with Crippen molar-refractivity contribution in [2.75, 3.05) is 19.6 Å². The molecule has 0 saturated heterocycles. The molecule has 0 aromatic heterocycles. The molecule has 0 radical (unpaired) electrons. The highest BCUT2D eigenvalue weighted by Gasteiger charge is 2.23. The minimum Gasteiger partial charge on any atom is -0.387 e. The van der Waals surface area contributed by atoms with Crippen molar-refractivity contribution in [3.63, 3.8) is 0 Å². The van der Waals surface area contributed by atoms with Gasteiger partial charge in [0, 0.05) is 25.2 Å². The van der Waals surface area contributed by atoms with Gasteiger partial charge in [0.05, 0.1) is 11.0 Å². The number of nitro groups is 1. The van der Waals surface area contributed by atoms with Crippen LogP contribution in [0.15, 0.2) is 48.5 Å². The number of rotatable bonds is 5. The highest BCUT2D eigenvalue weighted by atomic mass is 16.6. The Balaban J connectivity index is 1.60. The van der Waals surface area contributed by atoms with Gasteiger partial charge in [-0.1, -0.05) is 36.4 Å². The van der Waals surface area contributed by atoms with Gasteiger partial charge in [-0.25, -0.2) is 0 Å². The maximum Gasteiger partial charge on any atom is 0.269 e. The summed E-state index contributed by atoms with van der Waals surface area (Å²) in [6, 6.07) is 15.2. The van der Waals surface area contributed by atoms with Gasteiger partial charge in [0.1, 0.15) is 0 Å². The van der Waals surface area contributed by atoms with Gasteiger partial charge in [-0.05, 0) is 42.5 Å². The molecule has 0 spiro atoms.